The van der Waals surface area contributed by atoms with Gasteiger partial charge in [-0.15, -0.1) is 0 Å². The van der Waals surface area contributed by atoms with E-state index in [2.05, 4.69) is 20.9 Å². The molecule has 0 aromatic carbocycles. The summed E-state index contributed by atoms with van der Waals surface area (Å²) in [6, 6.07) is 5.47. The smallest absolute Gasteiger partial charge is 0.169 e. The summed E-state index contributed by atoms with van der Waals surface area (Å²) in [5.74, 6) is 0.721. The molecule has 0 radical (unpaired) electrons. The lowest BCUT2D eigenvalue weighted by molar-refractivity contribution is 0.213. The van der Waals surface area contributed by atoms with E-state index in [1.54, 1.807) is 12.3 Å². The lowest BCUT2D eigenvalue weighted by atomic mass is 10.1. The van der Waals surface area contributed by atoms with Gasteiger partial charge in [-0.1, -0.05) is 0 Å². The fourth-order valence-electron chi connectivity index (χ4n) is 1.41. The fraction of sp³-hybridized carbons (Fsp3) is 0.200. The number of aryl methyl sites for hydroxylation is 1. The first-order valence-electron chi connectivity index (χ1n) is 4.25. The van der Waals surface area contributed by atoms with Gasteiger partial charge in [0.25, 0.3) is 0 Å². The molecule has 14 heavy (non-hydrogen) atoms. The van der Waals surface area contributed by atoms with Crippen molar-refractivity contribution in [3.63, 3.8) is 0 Å². The summed E-state index contributed by atoms with van der Waals surface area (Å²) in [5, 5.41) is 9.96. The Morgan fingerprint density at radius 3 is 2.86 bits per heavy atom. The molecule has 0 spiro atoms. The summed E-state index contributed by atoms with van der Waals surface area (Å²) < 4.78 is 5.91. The maximum atomic E-state index is 9.96. The number of aromatic nitrogens is 1. The van der Waals surface area contributed by atoms with Crippen molar-refractivity contribution < 1.29 is 9.52 Å². The average molecular weight is 256 g/mol. The van der Waals surface area contributed by atoms with Gasteiger partial charge in [0, 0.05) is 17.5 Å². The molecule has 2 aromatic rings. The second-order valence-electron chi connectivity index (χ2n) is 3.09. The van der Waals surface area contributed by atoms with Gasteiger partial charge in [-0.3, -0.25) is 0 Å². The van der Waals surface area contributed by atoms with E-state index in [0.717, 1.165) is 17.0 Å². The van der Waals surface area contributed by atoms with Crippen LogP contribution in [0.25, 0.3) is 0 Å². The Bertz CT molecular complexity index is 419. The van der Waals surface area contributed by atoms with Gasteiger partial charge in [0.05, 0.1) is 0 Å². The number of hydrogen-bond donors (Lipinski definition) is 2. The Labute approximate surface area is 89.9 Å². The van der Waals surface area contributed by atoms with E-state index in [0.29, 0.717) is 4.67 Å². The van der Waals surface area contributed by atoms with E-state index in [1.807, 2.05) is 19.1 Å². The monoisotopic (exact) mass is 255 g/mol. The van der Waals surface area contributed by atoms with Crippen LogP contribution in [0.2, 0.25) is 0 Å². The molecule has 0 saturated heterocycles. The number of aliphatic hydroxyl groups excluding tert-OH is 1. The molecule has 2 rings (SSSR count). The van der Waals surface area contributed by atoms with Crippen molar-refractivity contribution in [2.45, 2.75) is 13.0 Å². The summed E-state index contributed by atoms with van der Waals surface area (Å²) in [5.41, 5.74) is 1.54. The normalized spacial score (nSPS) is 13.1. The summed E-state index contributed by atoms with van der Waals surface area (Å²) in [4.78, 5) is 2.96. The summed E-state index contributed by atoms with van der Waals surface area (Å²) >= 11 is 3.23. The molecule has 2 N–H and O–H groups in total. The highest BCUT2D eigenvalue weighted by molar-refractivity contribution is 9.10. The Morgan fingerprint density at radius 2 is 2.36 bits per heavy atom. The molecule has 74 valence electrons. The van der Waals surface area contributed by atoms with Gasteiger partial charge in [0.2, 0.25) is 0 Å². The largest absolute Gasteiger partial charge is 0.454 e. The first-order chi connectivity index (χ1) is 6.68. The quantitative estimate of drug-likeness (QED) is 0.867. The van der Waals surface area contributed by atoms with Crippen LogP contribution < -0.4 is 0 Å². The minimum Gasteiger partial charge on any atom is -0.454 e. The summed E-state index contributed by atoms with van der Waals surface area (Å²) in [6.45, 7) is 1.83. The lowest BCUT2D eigenvalue weighted by Gasteiger charge is -2.06. The van der Waals surface area contributed by atoms with Crippen molar-refractivity contribution in [1.82, 2.24) is 4.98 Å². The van der Waals surface area contributed by atoms with Crippen molar-refractivity contribution in [2.24, 2.45) is 0 Å². The highest BCUT2D eigenvalue weighted by Crippen LogP contribution is 2.28. The average Bonchev–Trinajstić information content (AvgIpc) is 2.73. The van der Waals surface area contributed by atoms with Crippen molar-refractivity contribution in [3.05, 3.63) is 46.1 Å². The van der Waals surface area contributed by atoms with Gasteiger partial charge in [-0.25, -0.2) is 0 Å². The zero-order valence-electron chi connectivity index (χ0n) is 7.62. The third-order valence-electron chi connectivity index (χ3n) is 2.14. The zero-order chi connectivity index (χ0) is 10.1. The van der Waals surface area contributed by atoms with Gasteiger partial charge >= 0.3 is 0 Å². The molecule has 1 atom stereocenters. The molecule has 0 aliphatic rings. The molecular weight excluding hydrogens is 246 g/mol. The molecule has 0 saturated carbocycles. The molecule has 0 aliphatic carbocycles. The molecule has 2 aromatic heterocycles. The van der Waals surface area contributed by atoms with Crippen LogP contribution in [0.3, 0.4) is 0 Å². The molecule has 0 bridgehead atoms. The number of rotatable bonds is 2. The number of halogens is 1. The highest BCUT2D eigenvalue weighted by Gasteiger charge is 2.17. The van der Waals surface area contributed by atoms with Crippen LogP contribution in [0.15, 0.2) is 33.5 Å². The second kappa shape index (κ2) is 3.63. The van der Waals surface area contributed by atoms with Gasteiger partial charge in [0.1, 0.15) is 11.9 Å². The SMILES string of the molecule is Cc1oc(Br)cc1C(O)c1ccc[nH]1. The molecule has 2 heterocycles. The zero-order valence-corrected chi connectivity index (χ0v) is 9.21. The van der Waals surface area contributed by atoms with E-state index in [-0.39, 0.29) is 0 Å². The third-order valence-corrected chi connectivity index (χ3v) is 2.53. The minimum atomic E-state index is -0.653. The van der Waals surface area contributed by atoms with Crippen LogP contribution in [-0.2, 0) is 0 Å². The minimum absolute atomic E-state index is 0.635. The number of aromatic amines is 1. The van der Waals surface area contributed by atoms with E-state index < -0.39 is 6.10 Å². The van der Waals surface area contributed by atoms with E-state index in [1.165, 1.54) is 0 Å². The van der Waals surface area contributed by atoms with E-state index in [9.17, 15) is 5.11 Å². The Morgan fingerprint density at radius 1 is 1.57 bits per heavy atom. The van der Waals surface area contributed by atoms with E-state index in [4.69, 9.17) is 4.42 Å². The van der Waals surface area contributed by atoms with E-state index >= 15 is 0 Å². The fourth-order valence-corrected chi connectivity index (χ4v) is 1.90. The molecule has 0 aliphatic heterocycles. The van der Waals surface area contributed by atoms with Crippen LogP contribution >= 0.6 is 15.9 Å². The molecular formula is C10H10BrNO2. The molecule has 0 fully saturated rings. The third kappa shape index (κ3) is 1.63. The van der Waals surface area contributed by atoms with Crippen LogP contribution in [0.5, 0.6) is 0 Å². The van der Waals surface area contributed by atoms with Crippen molar-refractivity contribution >= 4 is 15.9 Å². The van der Waals surface area contributed by atoms with Crippen molar-refractivity contribution in [3.8, 4) is 0 Å². The van der Waals surface area contributed by atoms with Gasteiger partial charge < -0.3 is 14.5 Å². The molecule has 0 amide bonds. The first-order valence-corrected chi connectivity index (χ1v) is 5.05. The van der Waals surface area contributed by atoms with Crippen molar-refractivity contribution in [2.75, 3.05) is 0 Å². The number of furan rings is 1. The van der Waals surface area contributed by atoms with Crippen LogP contribution in [0, 0.1) is 6.92 Å². The summed E-state index contributed by atoms with van der Waals surface area (Å²) in [7, 11) is 0. The molecule has 1 unspecified atom stereocenters. The van der Waals surface area contributed by atoms with Crippen molar-refractivity contribution in [1.29, 1.82) is 0 Å². The molecule has 4 heteroatoms. The number of hydrogen-bond acceptors (Lipinski definition) is 2. The predicted octanol–water partition coefficient (Wildman–Crippen LogP) is 2.76. The van der Waals surface area contributed by atoms with Gasteiger partial charge in [-0.2, -0.15) is 0 Å². The second-order valence-corrected chi connectivity index (χ2v) is 3.87. The number of nitrogens with one attached hydrogen (secondary N) is 1. The topological polar surface area (TPSA) is 49.2 Å². The standard InChI is InChI=1S/C10H10BrNO2/c1-6-7(5-9(11)14-6)10(13)8-3-2-4-12-8/h2-5,10,12-13H,1H3. The van der Waals surface area contributed by atoms with Crippen LogP contribution in [-0.4, -0.2) is 10.1 Å². The van der Waals surface area contributed by atoms with Crippen LogP contribution in [0.1, 0.15) is 23.1 Å². The number of H-pyrrole nitrogens is 1. The maximum absolute atomic E-state index is 9.96. The maximum Gasteiger partial charge on any atom is 0.169 e. The van der Waals surface area contributed by atoms with Crippen LogP contribution in [0.4, 0.5) is 0 Å². The highest BCUT2D eigenvalue weighted by atomic mass is 79.9. The Balaban J connectivity index is 2.36. The summed E-state index contributed by atoms with van der Waals surface area (Å²) in [6.07, 6.45) is 1.13. The Hall–Kier alpha value is -1.00. The van der Waals surface area contributed by atoms with Gasteiger partial charge in [-0.05, 0) is 41.1 Å². The van der Waals surface area contributed by atoms with Gasteiger partial charge in [0.15, 0.2) is 4.67 Å². The number of aliphatic hydroxyl groups is 1. The Kier molecular flexibility index (Phi) is 2.48. The molecule has 3 nitrogen and oxygen atoms in total. The first kappa shape index (κ1) is 9.55. The lowest BCUT2D eigenvalue weighted by Crippen LogP contribution is -1.99. The predicted molar refractivity (Wildman–Crippen MR) is 56.0 cm³/mol.